The summed E-state index contributed by atoms with van der Waals surface area (Å²) in [6.07, 6.45) is 0. The molecule has 0 aliphatic heterocycles. The van der Waals surface area contributed by atoms with Crippen LogP contribution in [0.25, 0.3) is 0 Å². The van der Waals surface area contributed by atoms with Gasteiger partial charge in [0, 0.05) is 11.3 Å². The molecular formula is C10H12N2O4. The van der Waals surface area contributed by atoms with Crippen LogP contribution in [0.5, 0.6) is 0 Å². The zero-order valence-electron chi connectivity index (χ0n) is 8.69. The van der Waals surface area contributed by atoms with Crippen LogP contribution >= 0.6 is 0 Å². The largest absolute Gasteiger partial charge is 0.479 e. The number of carbonyl (C=O) groups excluding carboxylic acids is 1. The van der Waals surface area contributed by atoms with Gasteiger partial charge in [-0.1, -0.05) is 6.07 Å². The first-order valence-electron chi connectivity index (χ1n) is 4.50. The maximum Gasteiger partial charge on any atom is 0.332 e. The van der Waals surface area contributed by atoms with Crippen LogP contribution in [0.15, 0.2) is 18.2 Å². The van der Waals surface area contributed by atoms with Crippen molar-refractivity contribution in [3.63, 3.8) is 0 Å². The molecule has 0 radical (unpaired) electrons. The van der Waals surface area contributed by atoms with E-state index in [1.807, 2.05) is 12.4 Å². The van der Waals surface area contributed by atoms with Crippen molar-refractivity contribution in [2.45, 2.75) is 6.92 Å². The highest BCUT2D eigenvalue weighted by Gasteiger charge is 2.07. The lowest BCUT2D eigenvalue weighted by Crippen LogP contribution is -2.26. The van der Waals surface area contributed by atoms with Crippen LogP contribution in [0, 0.1) is 6.92 Å². The van der Waals surface area contributed by atoms with Crippen molar-refractivity contribution in [2.75, 3.05) is 12.3 Å². The molecule has 1 aromatic rings. The molecule has 0 spiro atoms. The van der Waals surface area contributed by atoms with Crippen LogP contribution in [0.1, 0.15) is 15.9 Å². The number of hydrogen-bond donors (Lipinski definition) is 3. The molecule has 16 heavy (non-hydrogen) atoms. The summed E-state index contributed by atoms with van der Waals surface area (Å²) >= 11 is 0. The fraction of sp³-hybridized carbons (Fsp3) is 0.200. The number of nitrogens with two attached hydrogens (primary N) is 1. The van der Waals surface area contributed by atoms with Gasteiger partial charge in [-0.15, -0.1) is 0 Å². The van der Waals surface area contributed by atoms with Gasteiger partial charge in [0.25, 0.3) is 5.91 Å². The minimum atomic E-state index is -1.16. The first kappa shape index (κ1) is 12.0. The highest BCUT2D eigenvalue weighted by Crippen LogP contribution is 2.12. The molecule has 0 aliphatic rings. The number of carbonyl (C=O) groups is 2. The van der Waals surface area contributed by atoms with E-state index < -0.39 is 18.5 Å². The van der Waals surface area contributed by atoms with Crippen molar-refractivity contribution in [3.8, 4) is 0 Å². The number of carboxylic acid groups (broad SMARTS) is 1. The normalized spacial score (nSPS) is 9.81. The molecule has 0 aromatic heterocycles. The molecule has 1 aromatic carbocycles. The molecule has 0 saturated carbocycles. The van der Waals surface area contributed by atoms with Gasteiger partial charge in [-0.2, -0.15) is 0 Å². The molecule has 6 nitrogen and oxygen atoms in total. The molecule has 0 aliphatic carbocycles. The summed E-state index contributed by atoms with van der Waals surface area (Å²) in [7, 11) is 0. The first-order chi connectivity index (χ1) is 7.50. The predicted octanol–water partition coefficient (Wildman–Crippen LogP) is 0.323. The Kier molecular flexibility index (Phi) is 3.84. The van der Waals surface area contributed by atoms with Gasteiger partial charge in [0.2, 0.25) is 0 Å². The highest BCUT2D eigenvalue weighted by atomic mass is 16.7. The molecule has 0 bridgehead atoms. The molecule has 0 unspecified atom stereocenters. The third-order valence-corrected chi connectivity index (χ3v) is 1.90. The number of hydroxylamine groups is 1. The number of rotatable bonds is 4. The molecule has 1 rings (SSSR count). The summed E-state index contributed by atoms with van der Waals surface area (Å²) in [5, 5.41) is 8.28. The molecule has 0 saturated heterocycles. The van der Waals surface area contributed by atoms with Crippen LogP contribution in [-0.2, 0) is 9.63 Å². The van der Waals surface area contributed by atoms with Gasteiger partial charge in [0.15, 0.2) is 6.61 Å². The van der Waals surface area contributed by atoms with E-state index in [2.05, 4.69) is 4.84 Å². The van der Waals surface area contributed by atoms with E-state index in [9.17, 15) is 9.59 Å². The molecule has 1 amide bonds. The Morgan fingerprint density at radius 2 is 2.19 bits per heavy atom. The highest BCUT2D eigenvalue weighted by molar-refractivity contribution is 5.94. The topological polar surface area (TPSA) is 102 Å². The molecular weight excluding hydrogens is 212 g/mol. The minimum Gasteiger partial charge on any atom is -0.479 e. The quantitative estimate of drug-likeness (QED) is 0.505. The summed E-state index contributed by atoms with van der Waals surface area (Å²) in [6, 6.07) is 4.77. The second-order valence-corrected chi connectivity index (χ2v) is 3.18. The number of nitrogens with one attached hydrogen (secondary N) is 1. The number of aryl methyl sites for hydroxylation is 1. The Morgan fingerprint density at radius 3 is 2.75 bits per heavy atom. The summed E-state index contributed by atoms with van der Waals surface area (Å²) in [5.41, 5.74) is 9.29. The van der Waals surface area contributed by atoms with Crippen molar-refractivity contribution >= 4 is 17.6 Å². The monoisotopic (exact) mass is 224 g/mol. The maximum atomic E-state index is 11.4. The van der Waals surface area contributed by atoms with Crippen LogP contribution in [0.2, 0.25) is 0 Å². The van der Waals surface area contributed by atoms with Crippen LogP contribution < -0.4 is 11.2 Å². The molecule has 6 heteroatoms. The molecule has 86 valence electrons. The van der Waals surface area contributed by atoms with Gasteiger partial charge in [-0.05, 0) is 24.6 Å². The van der Waals surface area contributed by atoms with Crippen LogP contribution in [-0.4, -0.2) is 23.6 Å². The number of aliphatic carboxylic acids is 1. The lowest BCUT2D eigenvalue weighted by Gasteiger charge is -2.05. The fourth-order valence-corrected chi connectivity index (χ4v) is 1.00. The Morgan fingerprint density at radius 1 is 1.50 bits per heavy atom. The number of nitrogen functional groups attached to an aromatic ring is 1. The second-order valence-electron chi connectivity index (χ2n) is 3.18. The Labute approximate surface area is 92.0 Å². The minimum absolute atomic E-state index is 0.313. The number of benzene rings is 1. The van der Waals surface area contributed by atoms with Gasteiger partial charge < -0.3 is 10.8 Å². The van der Waals surface area contributed by atoms with Gasteiger partial charge in [0.05, 0.1) is 0 Å². The first-order valence-corrected chi connectivity index (χ1v) is 4.50. The number of hydrogen-bond acceptors (Lipinski definition) is 4. The molecule has 4 N–H and O–H groups in total. The second kappa shape index (κ2) is 5.13. The third-order valence-electron chi connectivity index (χ3n) is 1.90. The summed E-state index contributed by atoms with van der Waals surface area (Å²) < 4.78 is 0. The Hall–Kier alpha value is -2.08. The number of amides is 1. The average Bonchev–Trinajstić information content (AvgIpc) is 2.21. The van der Waals surface area contributed by atoms with E-state index >= 15 is 0 Å². The lowest BCUT2D eigenvalue weighted by molar-refractivity contribution is -0.144. The smallest absolute Gasteiger partial charge is 0.332 e. The SMILES string of the molecule is Cc1ccc(C(=O)NOCC(=O)O)cc1N. The van der Waals surface area contributed by atoms with Crippen LogP contribution in [0.3, 0.4) is 0 Å². The number of anilines is 1. The van der Waals surface area contributed by atoms with Gasteiger partial charge >= 0.3 is 5.97 Å². The maximum absolute atomic E-state index is 11.4. The summed E-state index contributed by atoms with van der Waals surface area (Å²) in [6.45, 7) is 1.23. The van der Waals surface area contributed by atoms with Crippen molar-refractivity contribution in [3.05, 3.63) is 29.3 Å². The fourth-order valence-electron chi connectivity index (χ4n) is 1.00. The molecule has 0 heterocycles. The molecule has 0 atom stereocenters. The standard InChI is InChI=1S/C10H12N2O4/c1-6-2-3-7(4-8(6)11)10(15)12-16-5-9(13)14/h2-4H,5,11H2,1H3,(H,12,15)(H,13,14). The summed E-state index contributed by atoms with van der Waals surface area (Å²) in [5.74, 6) is -1.70. The van der Waals surface area contributed by atoms with Crippen molar-refractivity contribution < 1.29 is 19.5 Å². The van der Waals surface area contributed by atoms with Gasteiger partial charge in [-0.3, -0.25) is 9.63 Å². The zero-order chi connectivity index (χ0) is 12.1. The van der Waals surface area contributed by atoms with E-state index in [0.717, 1.165) is 5.56 Å². The van der Waals surface area contributed by atoms with Gasteiger partial charge in [-0.25, -0.2) is 10.3 Å². The van der Waals surface area contributed by atoms with E-state index in [1.54, 1.807) is 12.1 Å². The van der Waals surface area contributed by atoms with Crippen molar-refractivity contribution in [1.29, 1.82) is 0 Å². The predicted molar refractivity (Wildman–Crippen MR) is 56.6 cm³/mol. The van der Waals surface area contributed by atoms with Crippen molar-refractivity contribution in [1.82, 2.24) is 5.48 Å². The third kappa shape index (κ3) is 3.25. The Balaban J connectivity index is 2.59. The average molecular weight is 224 g/mol. The number of carboxylic acids is 1. The van der Waals surface area contributed by atoms with E-state index in [0.29, 0.717) is 11.3 Å². The van der Waals surface area contributed by atoms with E-state index in [1.165, 1.54) is 6.07 Å². The van der Waals surface area contributed by atoms with Crippen LogP contribution in [0.4, 0.5) is 5.69 Å². The van der Waals surface area contributed by atoms with E-state index in [-0.39, 0.29) is 0 Å². The Bertz CT molecular complexity index is 417. The summed E-state index contributed by atoms with van der Waals surface area (Å²) in [4.78, 5) is 26.0. The lowest BCUT2D eigenvalue weighted by atomic mass is 10.1. The van der Waals surface area contributed by atoms with Gasteiger partial charge in [0.1, 0.15) is 0 Å². The zero-order valence-corrected chi connectivity index (χ0v) is 8.69. The molecule has 0 fully saturated rings. The van der Waals surface area contributed by atoms with Crippen molar-refractivity contribution in [2.24, 2.45) is 0 Å². The van der Waals surface area contributed by atoms with E-state index in [4.69, 9.17) is 10.8 Å².